The fraction of sp³-hybridized carbons (Fsp3) is 0.250. The first-order valence-corrected chi connectivity index (χ1v) is 8.91. The normalized spacial score (nSPS) is 23.8. The van der Waals surface area contributed by atoms with E-state index in [1.165, 1.54) is 23.7 Å². The van der Waals surface area contributed by atoms with Gasteiger partial charge in [-0.15, -0.1) is 0 Å². The van der Waals surface area contributed by atoms with Gasteiger partial charge in [0.2, 0.25) is 0 Å². The van der Waals surface area contributed by atoms with Crippen LogP contribution in [0, 0.1) is 0 Å². The molecule has 1 fully saturated rings. The summed E-state index contributed by atoms with van der Waals surface area (Å²) in [4.78, 5) is 0. The Hall–Kier alpha value is -0.740. The second-order valence-corrected chi connectivity index (χ2v) is 8.11. The van der Waals surface area contributed by atoms with Crippen molar-refractivity contribution in [2.75, 3.05) is 13.1 Å². The van der Waals surface area contributed by atoms with Gasteiger partial charge in [-0.25, -0.2) is 0 Å². The van der Waals surface area contributed by atoms with E-state index in [1.54, 1.807) is 0 Å². The Labute approximate surface area is 118 Å². The van der Waals surface area contributed by atoms with Crippen LogP contribution in [-0.2, 0) is 0 Å². The molecule has 3 rings (SSSR count). The van der Waals surface area contributed by atoms with Crippen LogP contribution in [0.1, 0.15) is 0 Å². The lowest BCUT2D eigenvalue weighted by atomic mass is 10.3. The zero-order valence-electron chi connectivity index (χ0n) is 10.8. The van der Waals surface area contributed by atoms with E-state index in [2.05, 4.69) is 66.0 Å². The Morgan fingerprint density at radius 1 is 0.684 bits per heavy atom. The molecule has 0 radical (unpaired) electrons. The van der Waals surface area contributed by atoms with Crippen LogP contribution in [0.5, 0.6) is 0 Å². The summed E-state index contributed by atoms with van der Waals surface area (Å²) in [5.74, 6) is 0. The van der Waals surface area contributed by atoms with Gasteiger partial charge in [0.25, 0.3) is 0 Å². The summed E-state index contributed by atoms with van der Waals surface area (Å²) >= 11 is 0. The largest absolute Gasteiger partial charge is 0.315 e. The Balaban J connectivity index is 1.65. The van der Waals surface area contributed by atoms with E-state index in [0.29, 0.717) is 0 Å². The van der Waals surface area contributed by atoms with Crippen molar-refractivity contribution in [1.29, 1.82) is 0 Å². The third kappa shape index (κ3) is 3.63. The van der Waals surface area contributed by atoms with E-state index in [-0.39, 0.29) is 0 Å². The summed E-state index contributed by atoms with van der Waals surface area (Å²) in [5.41, 5.74) is 1.61. The average Bonchev–Trinajstić information content (AvgIpc) is 2.88. The highest BCUT2D eigenvalue weighted by atomic mass is 31.1. The maximum absolute atomic E-state index is 3.58. The van der Waals surface area contributed by atoms with E-state index in [1.807, 2.05) is 0 Å². The minimum absolute atomic E-state index is 0.806. The second-order valence-electron chi connectivity index (χ2n) is 4.89. The van der Waals surface area contributed by atoms with E-state index >= 15 is 0 Å². The number of hydrogen-bond acceptors (Lipinski definition) is 1. The molecule has 3 heteroatoms. The topological polar surface area (TPSA) is 12.0 Å². The fourth-order valence-electron chi connectivity index (χ4n) is 2.48. The first kappa shape index (κ1) is 13.3. The van der Waals surface area contributed by atoms with Crippen molar-refractivity contribution in [1.82, 2.24) is 5.32 Å². The minimum atomic E-state index is 0.806. The number of nitrogens with one attached hydrogen (secondary N) is 1. The Bertz CT molecular complexity index is 453. The molecule has 0 saturated carbocycles. The molecule has 98 valence electrons. The lowest BCUT2D eigenvalue weighted by Crippen LogP contribution is -2.20. The van der Waals surface area contributed by atoms with Crippen molar-refractivity contribution >= 4 is 27.8 Å². The third-order valence-corrected chi connectivity index (χ3v) is 7.09. The molecule has 1 aliphatic rings. The summed E-state index contributed by atoms with van der Waals surface area (Å²) < 4.78 is 0. The molecule has 1 heterocycles. The van der Waals surface area contributed by atoms with Gasteiger partial charge in [0.05, 0.1) is 0 Å². The molecule has 1 saturated heterocycles. The first-order valence-electron chi connectivity index (χ1n) is 6.76. The quantitative estimate of drug-likeness (QED) is 0.851. The fourth-order valence-corrected chi connectivity index (χ4v) is 5.74. The molecule has 0 spiro atoms. The molecule has 1 N–H and O–H groups in total. The molecule has 0 aliphatic carbocycles. The zero-order chi connectivity index (χ0) is 12.9. The zero-order valence-corrected chi connectivity index (χ0v) is 12.8. The van der Waals surface area contributed by atoms with Crippen LogP contribution in [0.15, 0.2) is 60.7 Å². The maximum atomic E-state index is 3.58. The van der Waals surface area contributed by atoms with Gasteiger partial charge in [-0.05, 0) is 10.6 Å². The lowest BCUT2D eigenvalue weighted by Gasteiger charge is -2.18. The molecule has 4 atom stereocenters. The summed E-state index contributed by atoms with van der Waals surface area (Å²) in [6, 6.07) is 21.9. The third-order valence-electron chi connectivity index (χ3n) is 3.47. The molecule has 2 aromatic rings. The van der Waals surface area contributed by atoms with E-state index in [0.717, 1.165) is 28.5 Å². The van der Waals surface area contributed by atoms with Gasteiger partial charge >= 0.3 is 0 Å². The average molecular weight is 287 g/mol. The van der Waals surface area contributed by atoms with Crippen molar-refractivity contribution in [3.05, 3.63) is 60.7 Å². The predicted octanol–water partition coefficient (Wildman–Crippen LogP) is 2.33. The highest BCUT2D eigenvalue weighted by Gasteiger charge is 2.27. The molecule has 2 aromatic carbocycles. The molecule has 0 amide bonds. The Kier molecular flexibility index (Phi) is 4.62. The van der Waals surface area contributed by atoms with Gasteiger partial charge in [-0.3, -0.25) is 0 Å². The molecular formula is C16H19NP2. The van der Waals surface area contributed by atoms with Crippen LogP contribution in [0.4, 0.5) is 0 Å². The van der Waals surface area contributed by atoms with Crippen LogP contribution in [-0.4, -0.2) is 24.4 Å². The molecule has 0 bridgehead atoms. The standard InChI is InChI=1S/C16H19NP2/c1-3-7-13(8-4-1)18-15-11-17-12-16(15)19-14-9-5-2-6-10-14/h1-10,15-19H,11-12H2. The smallest absolute Gasteiger partial charge is 0.00264 e. The first-order chi connectivity index (χ1) is 9.42. The van der Waals surface area contributed by atoms with Gasteiger partial charge in [0.15, 0.2) is 0 Å². The van der Waals surface area contributed by atoms with Crippen LogP contribution in [0.3, 0.4) is 0 Å². The molecule has 1 aliphatic heterocycles. The summed E-state index contributed by atoms with van der Waals surface area (Å²) in [7, 11) is 1.87. The molecular weight excluding hydrogens is 268 g/mol. The van der Waals surface area contributed by atoms with Crippen molar-refractivity contribution in [2.45, 2.75) is 11.3 Å². The Morgan fingerprint density at radius 2 is 1.11 bits per heavy atom. The van der Waals surface area contributed by atoms with Crippen molar-refractivity contribution in [3.8, 4) is 0 Å². The highest BCUT2D eigenvalue weighted by molar-refractivity contribution is 7.52. The van der Waals surface area contributed by atoms with E-state index in [4.69, 9.17) is 0 Å². The Morgan fingerprint density at radius 3 is 1.53 bits per heavy atom. The van der Waals surface area contributed by atoms with Gasteiger partial charge in [0.1, 0.15) is 0 Å². The predicted molar refractivity (Wildman–Crippen MR) is 89.2 cm³/mol. The second kappa shape index (κ2) is 6.62. The number of rotatable bonds is 4. The minimum Gasteiger partial charge on any atom is -0.315 e. The van der Waals surface area contributed by atoms with E-state index in [9.17, 15) is 0 Å². The lowest BCUT2D eigenvalue weighted by molar-refractivity contribution is 0.860. The van der Waals surface area contributed by atoms with Crippen LogP contribution in [0.25, 0.3) is 0 Å². The van der Waals surface area contributed by atoms with Crippen molar-refractivity contribution in [2.24, 2.45) is 0 Å². The molecule has 0 aromatic heterocycles. The van der Waals surface area contributed by atoms with Crippen LogP contribution in [0.2, 0.25) is 0 Å². The van der Waals surface area contributed by atoms with Gasteiger partial charge in [-0.1, -0.05) is 77.8 Å². The van der Waals surface area contributed by atoms with Gasteiger partial charge < -0.3 is 5.32 Å². The number of hydrogen-bond donors (Lipinski definition) is 1. The highest BCUT2D eigenvalue weighted by Crippen LogP contribution is 2.34. The molecule has 1 nitrogen and oxygen atoms in total. The SMILES string of the molecule is c1ccc(PC2CNCC2Pc2ccccc2)cc1. The monoisotopic (exact) mass is 287 g/mol. The summed E-state index contributed by atoms with van der Waals surface area (Å²) in [6.07, 6.45) is 0. The molecule has 4 unspecified atom stereocenters. The summed E-state index contributed by atoms with van der Waals surface area (Å²) in [6.45, 7) is 2.36. The van der Waals surface area contributed by atoms with Crippen molar-refractivity contribution in [3.63, 3.8) is 0 Å². The van der Waals surface area contributed by atoms with Crippen LogP contribution < -0.4 is 15.9 Å². The van der Waals surface area contributed by atoms with Crippen LogP contribution >= 0.6 is 17.2 Å². The van der Waals surface area contributed by atoms with Crippen molar-refractivity contribution < 1.29 is 0 Å². The van der Waals surface area contributed by atoms with E-state index < -0.39 is 0 Å². The van der Waals surface area contributed by atoms with Gasteiger partial charge in [0, 0.05) is 24.4 Å². The van der Waals surface area contributed by atoms with Gasteiger partial charge in [-0.2, -0.15) is 0 Å². The molecule has 19 heavy (non-hydrogen) atoms. The maximum Gasteiger partial charge on any atom is 0.00264 e. The summed E-state index contributed by atoms with van der Waals surface area (Å²) in [5, 5.41) is 6.58. The number of benzene rings is 2.